The number of likely N-dealkylation sites (N-methyl/N-ethyl adjacent to an activating group) is 1. The molecule has 3 nitrogen and oxygen atoms in total. The second-order valence-corrected chi connectivity index (χ2v) is 4.53. The van der Waals surface area contributed by atoms with E-state index in [0.29, 0.717) is 18.1 Å². The Morgan fingerprint density at radius 1 is 1.60 bits per heavy atom. The van der Waals surface area contributed by atoms with Crippen molar-refractivity contribution in [2.45, 2.75) is 26.1 Å². The summed E-state index contributed by atoms with van der Waals surface area (Å²) < 4.78 is 0. The number of hydrogen-bond acceptors (Lipinski definition) is 3. The van der Waals surface area contributed by atoms with Gasteiger partial charge in [-0.1, -0.05) is 0 Å². The first-order chi connectivity index (χ1) is 7.10. The molecule has 0 bridgehead atoms. The third-order valence-electron chi connectivity index (χ3n) is 2.15. The molecule has 0 N–H and O–H groups in total. The lowest BCUT2D eigenvalue weighted by Gasteiger charge is -2.20. The molecule has 0 aromatic carbocycles. The van der Waals surface area contributed by atoms with Crippen LogP contribution in [0.5, 0.6) is 0 Å². The minimum absolute atomic E-state index is 0.0592. The second-order valence-electron chi connectivity index (χ2n) is 3.20. The van der Waals surface area contributed by atoms with Crippen molar-refractivity contribution in [3.05, 3.63) is 16.1 Å². The van der Waals surface area contributed by atoms with Crippen molar-refractivity contribution in [2.24, 2.45) is 0 Å². The monoisotopic (exact) mass is 246 g/mol. The Kier molecular flexibility index (Phi) is 4.54. The van der Waals surface area contributed by atoms with E-state index >= 15 is 0 Å². The molecule has 0 aliphatic heterocycles. The van der Waals surface area contributed by atoms with E-state index < -0.39 is 5.38 Å². The zero-order valence-corrected chi connectivity index (χ0v) is 10.7. The summed E-state index contributed by atoms with van der Waals surface area (Å²) in [4.78, 5) is 17.8. The molecule has 1 amide bonds. The number of carbonyl (C=O) groups excluding carboxylic acids is 1. The third-order valence-corrected chi connectivity index (χ3v) is 3.70. The summed E-state index contributed by atoms with van der Waals surface area (Å²) in [5.74, 6) is -0.0592. The smallest absolute Gasteiger partial charge is 0.247 e. The number of thiazole rings is 1. The lowest BCUT2D eigenvalue weighted by molar-refractivity contribution is -0.130. The van der Waals surface area contributed by atoms with Crippen LogP contribution in [0.15, 0.2) is 5.38 Å². The molecule has 0 saturated carbocycles. The molecule has 0 saturated heterocycles. The summed E-state index contributed by atoms with van der Waals surface area (Å²) in [6.45, 7) is 7.15. The van der Waals surface area contributed by atoms with E-state index in [1.54, 1.807) is 4.90 Å². The van der Waals surface area contributed by atoms with Crippen LogP contribution in [-0.4, -0.2) is 28.9 Å². The first kappa shape index (κ1) is 12.5. The molecule has 5 heteroatoms. The molecule has 0 aliphatic rings. The highest BCUT2D eigenvalue weighted by Crippen LogP contribution is 2.25. The first-order valence-corrected chi connectivity index (χ1v) is 6.26. The molecule has 84 valence electrons. The van der Waals surface area contributed by atoms with Crippen LogP contribution in [-0.2, 0) is 4.79 Å². The van der Waals surface area contributed by atoms with E-state index in [9.17, 15) is 4.79 Å². The highest BCUT2D eigenvalue weighted by Gasteiger charge is 2.24. The molecule has 0 radical (unpaired) electrons. The summed E-state index contributed by atoms with van der Waals surface area (Å²) in [5, 5.41) is 1.95. The first-order valence-electron chi connectivity index (χ1n) is 4.95. The normalized spacial score (nSPS) is 12.5. The Balaban J connectivity index is 2.76. The number of halogens is 1. The number of rotatable bonds is 4. The maximum atomic E-state index is 11.9. The minimum Gasteiger partial charge on any atom is -0.342 e. The Morgan fingerprint density at radius 3 is 2.60 bits per heavy atom. The van der Waals surface area contributed by atoms with Gasteiger partial charge in [0.2, 0.25) is 5.91 Å². The Morgan fingerprint density at radius 2 is 2.20 bits per heavy atom. The van der Waals surface area contributed by atoms with E-state index in [1.165, 1.54) is 11.3 Å². The Hall–Kier alpha value is -0.610. The van der Waals surface area contributed by atoms with Crippen LogP contribution in [0, 0.1) is 6.92 Å². The highest BCUT2D eigenvalue weighted by molar-refractivity contribution is 7.10. The number of hydrogen-bond donors (Lipinski definition) is 0. The van der Waals surface area contributed by atoms with Gasteiger partial charge >= 0.3 is 0 Å². The lowest BCUT2D eigenvalue weighted by Crippen LogP contribution is -2.33. The van der Waals surface area contributed by atoms with Crippen molar-refractivity contribution in [1.82, 2.24) is 9.88 Å². The number of nitrogens with zero attached hydrogens (tertiary/aromatic N) is 2. The average molecular weight is 247 g/mol. The summed E-state index contributed by atoms with van der Waals surface area (Å²) in [6, 6.07) is 0. The minimum atomic E-state index is -0.636. The average Bonchev–Trinajstić information content (AvgIpc) is 2.65. The molecule has 0 fully saturated rings. The van der Waals surface area contributed by atoms with Crippen LogP contribution in [0.25, 0.3) is 0 Å². The van der Waals surface area contributed by atoms with E-state index in [0.717, 1.165) is 5.69 Å². The van der Waals surface area contributed by atoms with Gasteiger partial charge in [-0.3, -0.25) is 4.79 Å². The van der Waals surface area contributed by atoms with E-state index in [1.807, 2.05) is 26.2 Å². The molecule has 1 aromatic rings. The Labute approximate surface area is 99.1 Å². The van der Waals surface area contributed by atoms with Gasteiger partial charge < -0.3 is 4.90 Å². The van der Waals surface area contributed by atoms with Crippen LogP contribution < -0.4 is 0 Å². The molecular weight excluding hydrogens is 232 g/mol. The van der Waals surface area contributed by atoms with Crippen molar-refractivity contribution in [1.29, 1.82) is 0 Å². The van der Waals surface area contributed by atoms with Crippen LogP contribution in [0.3, 0.4) is 0 Å². The molecule has 0 aliphatic carbocycles. The van der Waals surface area contributed by atoms with Gasteiger partial charge in [0.25, 0.3) is 0 Å². The number of carbonyl (C=O) groups is 1. The summed E-state index contributed by atoms with van der Waals surface area (Å²) in [7, 11) is 0. The van der Waals surface area contributed by atoms with Crippen molar-refractivity contribution in [2.75, 3.05) is 13.1 Å². The predicted octanol–water partition coefficient (Wildman–Crippen LogP) is 2.60. The number of amides is 1. The topological polar surface area (TPSA) is 33.2 Å². The third kappa shape index (κ3) is 2.92. The fourth-order valence-corrected chi connectivity index (χ4v) is 2.39. The predicted molar refractivity (Wildman–Crippen MR) is 63.4 cm³/mol. The molecular formula is C10H15ClN2OS. The molecule has 0 spiro atoms. The standard InChI is InChI=1S/C10H15ClN2OS/c1-4-13(5-2)10(14)8(11)9-12-7(3)6-15-9/h6,8H,4-5H2,1-3H3. The van der Waals surface area contributed by atoms with Crippen molar-refractivity contribution >= 4 is 28.8 Å². The molecule has 1 unspecified atom stereocenters. The summed E-state index contributed by atoms with van der Waals surface area (Å²) in [6.07, 6.45) is 0. The SMILES string of the molecule is CCN(CC)C(=O)C(Cl)c1nc(C)cs1. The second kappa shape index (κ2) is 5.47. The van der Waals surface area contributed by atoms with Crippen LogP contribution >= 0.6 is 22.9 Å². The molecule has 1 aromatic heterocycles. The van der Waals surface area contributed by atoms with Gasteiger partial charge in [-0.2, -0.15) is 0 Å². The maximum absolute atomic E-state index is 11.9. The number of alkyl halides is 1. The van der Waals surface area contributed by atoms with Gasteiger partial charge in [0, 0.05) is 24.2 Å². The molecule has 1 rings (SSSR count). The number of aryl methyl sites for hydroxylation is 1. The highest BCUT2D eigenvalue weighted by atomic mass is 35.5. The number of aromatic nitrogens is 1. The van der Waals surface area contributed by atoms with Crippen molar-refractivity contribution in [3.63, 3.8) is 0 Å². The van der Waals surface area contributed by atoms with Crippen molar-refractivity contribution in [3.8, 4) is 0 Å². The fraction of sp³-hybridized carbons (Fsp3) is 0.600. The van der Waals surface area contributed by atoms with Crippen LogP contribution in [0.4, 0.5) is 0 Å². The van der Waals surface area contributed by atoms with Crippen molar-refractivity contribution < 1.29 is 4.79 Å². The quantitative estimate of drug-likeness (QED) is 0.766. The van der Waals surface area contributed by atoms with Gasteiger partial charge in [0.1, 0.15) is 5.01 Å². The zero-order chi connectivity index (χ0) is 11.4. The van der Waals surface area contributed by atoms with Gasteiger partial charge in [0.05, 0.1) is 0 Å². The maximum Gasteiger partial charge on any atom is 0.247 e. The van der Waals surface area contributed by atoms with Gasteiger partial charge in [-0.25, -0.2) is 4.98 Å². The Bertz CT molecular complexity index is 336. The summed E-state index contributed by atoms with van der Waals surface area (Å²) in [5.41, 5.74) is 0.910. The van der Waals surface area contributed by atoms with E-state index in [4.69, 9.17) is 11.6 Å². The van der Waals surface area contributed by atoms with E-state index in [-0.39, 0.29) is 5.91 Å². The van der Waals surface area contributed by atoms with Gasteiger partial charge in [-0.05, 0) is 20.8 Å². The molecule has 1 heterocycles. The van der Waals surface area contributed by atoms with Crippen LogP contribution in [0.2, 0.25) is 0 Å². The lowest BCUT2D eigenvalue weighted by atomic mass is 10.3. The van der Waals surface area contributed by atoms with Gasteiger partial charge in [-0.15, -0.1) is 22.9 Å². The largest absolute Gasteiger partial charge is 0.342 e. The fourth-order valence-electron chi connectivity index (χ4n) is 1.29. The van der Waals surface area contributed by atoms with Gasteiger partial charge in [0.15, 0.2) is 5.38 Å². The van der Waals surface area contributed by atoms with Crippen LogP contribution in [0.1, 0.15) is 29.9 Å². The molecule has 1 atom stereocenters. The summed E-state index contributed by atoms with van der Waals surface area (Å²) >= 11 is 7.51. The zero-order valence-electron chi connectivity index (χ0n) is 9.16. The molecule has 15 heavy (non-hydrogen) atoms. The van der Waals surface area contributed by atoms with E-state index in [2.05, 4.69) is 4.98 Å².